The van der Waals surface area contributed by atoms with Crippen LogP contribution in [0.1, 0.15) is 37.0 Å². The number of aliphatic imine (C=N–C) groups is 1. The average Bonchev–Trinajstić information content (AvgIpc) is 3.10. The zero-order valence-electron chi connectivity index (χ0n) is 17.9. The predicted molar refractivity (Wildman–Crippen MR) is 111 cm³/mol. The third kappa shape index (κ3) is 6.40. The highest BCUT2D eigenvalue weighted by Gasteiger charge is 2.24. The molecule has 3 rings (SSSR count). The van der Waals surface area contributed by atoms with Crippen LogP contribution in [0.25, 0.3) is 0 Å². The monoisotopic (exact) mass is 406 g/mol. The topological polar surface area (TPSA) is 99.9 Å². The third-order valence-corrected chi connectivity index (χ3v) is 5.21. The molecule has 0 aromatic carbocycles. The molecule has 1 aromatic heterocycles. The van der Waals surface area contributed by atoms with Crippen LogP contribution >= 0.6 is 0 Å². The summed E-state index contributed by atoms with van der Waals surface area (Å²) in [4.78, 5) is 25.1. The van der Waals surface area contributed by atoms with Gasteiger partial charge in [-0.1, -0.05) is 0 Å². The van der Waals surface area contributed by atoms with Crippen molar-refractivity contribution in [1.82, 2.24) is 35.2 Å². The van der Waals surface area contributed by atoms with Gasteiger partial charge in [0.2, 0.25) is 5.91 Å². The number of hydrogen-bond donors (Lipinski definition) is 2. The number of ether oxygens (including phenoxy) is 1. The van der Waals surface area contributed by atoms with E-state index in [1.165, 1.54) is 0 Å². The molecule has 1 saturated heterocycles. The minimum atomic E-state index is -0.0259. The molecule has 162 valence electrons. The van der Waals surface area contributed by atoms with Crippen LogP contribution in [-0.4, -0.2) is 96.5 Å². The number of fused-ring (bicyclic) bond motifs is 1. The number of carbonyl (C=O) groups excluding carboxylic acids is 1. The fraction of sp³-hybridized carbons (Fsp3) is 0.789. The van der Waals surface area contributed by atoms with E-state index in [1.54, 1.807) is 19.0 Å². The quantitative estimate of drug-likeness (QED) is 0.366. The number of nitrogens with zero attached hydrogens (tertiary/aromatic N) is 6. The van der Waals surface area contributed by atoms with E-state index < -0.39 is 0 Å². The molecule has 0 aliphatic carbocycles. The van der Waals surface area contributed by atoms with Gasteiger partial charge in [0.1, 0.15) is 18.2 Å². The van der Waals surface area contributed by atoms with Crippen molar-refractivity contribution >= 4 is 11.9 Å². The first-order valence-electron chi connectivity index (χ1n) is 10.5. The number of morpholine rings is 1. The van der Waals surface area contributed by atoms with Crippen LogP contribution in [0.3, 0.4) is 0 Å². The smallest absolute Gasteiger partial charge is 0.243 e. The SMILES string of the molecule is Cc1nc2n(n1)CCCC2NC(=NCC(=O)N(C)C)NCCCN1CCOCC1. The average molecular weight is 407 g/mol. The first kappa shape index (κ1) is 21.5. The lowest BCUT2D eigenvalue weighted by Gasteiger charge is -2.27. The lowest BCUT2D eigenvalue weighted by Crippen LogP contribution is -2.43. The maximum Gasteiger partial charge on any atom is 0.243 e. The second kappa shape index (κ2) is 10.5. The van der Waals surface area contributed by atoms with Crippen molar-refractivity contribution in [1.29, 1.82) is 0 Å². The van der Waals surface area contributed by atoms with E-state index >= 15 is 0 Å². The number of nitrogens with one attached hydrogen (secondary N) is 2. The summed E-state index contributed by atoms with van der Waals surface area (Å²) in [6.07, 6.45) is 3.00. The Bertz CT molecular complexity index is 696. The Morgan fingerprint density at radius 3 is 2.86 bits per heavy atom. The molecule has 0 saturated carbocycles. The molecule has 2 aliphatic rings. The van der Waals surface area contributed by atoms with Gasteiger partial charge >= 0.3 is 0 Å². The fourth-order valence-corrected chi connectivity index (χ4v) is 3.55. The molecule has 1 aromatic rings. The number of amides is 1. The third-order valence-electron chi connectivity index (χ3n) is 5.21. The molecular weight excluding hydrogens is 372 g/mol. The number of guanidine groups is 1. The lowest BCUT2D eigenvalue weighted by atomic mass is 10.1. The van der Waals surface area contributed by atoms with E-state index in [1.807, 2.05) is 11.6 Å². The zero-order chi connectivity index (χ0) is 20.6. The maximum atomic E-state index is 12.0. The van der Waals surface area contributed by atoms with Gasteiger partial charge in [0.25, 0.3) is 0 Å². The zero-order valence-corrected chi connectivity index (χ0v) is 17.9. The number of rotatable bonds is 7. The molecule has 10 heteroatoms. The molecule has 1 amide bonds. The minimum Gasteiger partial charge on any atom is -0.379 e. The van der Waals surface area contributed by atoms with Crippen LogP contribution in [0.4, 0.5) is 0 Å². The summed E-state index contributed by atoms with van der Waals surface area (Å²) < 4.78 is 7.37. The summed E-state index contributed by atoms with van der Waals surface area (Å²) in [7, 11) is 3.49. The van der Waals surface area contributed by atoms with E-state index in [0.717, 1.165) is 76.8 Å². The summed E-state index contributed by atoms with van der Waals surface area (Å²) in [5, 5.41) is 11.3. The summed E-state index contributed by atoms with van der Waals surface area (Å²) in [5.74, 6) is 2.35. The van der Waals surface area contributed by atoms with Crippen LogP contribution in [-0.2, 0) is 16.1 Å². The van der Waals surface area contributed by atoms with E-state index in [4.69, 9.17) is 4.74 Å². The van der Waals surface area contributed by atoms with Crippen LogP contribution in [0, 0.1) is 6.92 Å². The molecule has 2 aliphatic heterocycles. The standard InChI is InChI=1S/C19H34N8O2/c1-15-22-18-16(6-4-9-27(18)24-15)23-19(21-14-17(28)25(2)3)20-7-5-8-26-10-12-29-13-11-26/h16H,4-14H2,1-3H3,(H2,20,21,23). The molecule has 1 fully saturated rings. The highest BCUT2D eigenvalue weighted by molar-refractivity contribution is 5.85. The van der Waals surface area contributed by atoms with Crippen LogP contribution < -0.4 is 10.6 Å². The van der Waals surface area contributed by atoms with Gasteiger partial charge in [0.15, 0.2) is 5.96 Å². The van der Waals surface area contributed by atoms with Gasteiger partial charge in [-0.25, -0.2) is 14.7 Å². The Hall–Kier alpha value is -2.20. The normalized spacial score (nSPS) is 20.2. The first-order valence-corrected chi connectivity index (χ1v) is 10.5. The lowest BCUT2D eigenvalue weighted by molar-refractivity contribution is -0.127. The van der Waals surface area contributed by atoms with Gasteiger partial charge in [-0.05, 0) is 32.7 Å². The summed E-state index contributed by atoms with van der Waals surface area (Å²) in [6, 6.07) is 0.0462. The van der Waals surface area contributed by atoms with E-state index in [2.05, 4.69) is 30.6 Å². The van der Waals surface area contributed by atoms with E-state index in [9.17, 15) is 4.79 Å². The first-order chi connectivity index (χ1) is 14.0. The second-order valence-corrected chi connectivity index (χ2v) is 7.77. The minimum absolute atomic E-state index is 0.0259. The number of likely N-dealkylation sites (N-methyl/N-ethyl adjacent to an activating group) is 1. The second-order valence-electron chi connectivity index (χ2n) is 7.77. The Morgan fingerprint density at radius 2 is 2.10 bits per heavy atom. The Kier molecular flexibility index (Phi) is 7.82. The molecular formula is C19H34N8O2. The van der Waals surface area contributed by atoms with Crippen molar-refractivity contribution in [3.8, 4) is 0 Å². The fourth-order valence-electron chi connectivity index (χ4n) is 3.55. The maximum absolute atomic E-state index is 12.0. The highest BCUT2D eigenvalue weighted by Crippen LogP contribution is 2.22. The summed E-state index contributed by atoms with van der Waals surface area (Å²) >= 11 is 0. The van der Waals surface area contributed by atoms with E-state index in [0.29, 0.717) is 5.96 Å². The molecule has 0 bridgehead atoms. The highest BCUT2D eigenvalue weighted by atomic mass is 16.5. The van der Waals surface area contributed by atoms with Crippen LogP contribution in [0.15, 0.2) is 4.99 Å². The van der Waals surface area contributed by atoms with Crippen LogP contribution in [0.5, 0.6) is 0 Å². The van der Waals surface area contributed by atoms with Crippen LogP contribution in [0.2, 0.25) is 0 Å². The molecule has 1 unspecified atom stereocenters. The molecule has 29 heavy (non-hydrogen) atoms. The summed E-state index contributed by atoms with van der Waals surface area (Å²) in [5.41, 5.74) is 0. The van der Waals surface area contributed by atoms with Gasteiger partial charge < -0.3 is 20.3 Å². The molecule has 3 heterocycles. The predicted octanol–water partition coefficient (Wildman–Crippen LogP) is -0.233. The van der Waals surface area contributed by atoms with Crippen molar-refractivity contribution in [3.63, 3.8) is 0 Å². The molecule has 0 radical (unpaired) electrons. The summed E-state index contributed by atoms with van der Waals surface area (Å²) in [6.45, 7) is 8.36. The van der Waals surface area contributed by atoms with Crippen molar-refractivity contribution in [3.05, 3.63) is 11.6 Å². The van der Waals surface area contributed by atoms with Gasteiger partial charge in [-0.15, -0.1) is 0 Å². The molecule has 0 spiro atoms. The van der Waals surface area contributed by atoms with Crippen molar-refractivity contribution in [2.75, 3.05) is 60.0 Å². The number of aromatic nitrogens is 3. The van der Waals surface area contributed by atoms with Crippen molar-refractivity contribution in [2.24, 2.45) is 4.99 Å². The Balaban J connectivity index is 1.57. The van der Waals surface area contributed by atoms with Gasteiger partial charge in [-0.3, -0.25) is 9.69 Å². The number of hydrogen-bond acceptors (Lipinski definition) is 6. The van der Waals surface area contributed by atoms with Gasteiger partial charge in [0.05, 0.1) is 19.3 Å². The van der Waals surface area contributed by atoms with E-state index in [-0.39, 0.29) is 18.5 Å². The van der Waals surface area contributed by atoms with Gasteiger partial charge in [0, 0.05) is 40.3 Å². The van der Waals surface area contributed by atoms with Gasteiger partial charge in [-0.2, -0.15) is 5.10 Å². The van der Waals surface area contributed by atoms with Crippen molar-refractivity contribution in [2.45, 2.75) is 38.8 Å². The Labute approximate surface area is 172 Å². The molecule has 1 atom stereocenters. The number of carbonyl (C=O) groups is 1. The molecule has 2 N–H and O–H groups in total. The largest absolute Gasteiger partial charge is 0.379 e. The molecule has 10 nitrogen and oxygen atoms in total. The van der Waals surface area contributed by atoms with Crippen molar-refractivity contribution < 1.29 is 9.53 Å². The number of aryl methyl sites for hydroxylation is 2. The Morgan fingerprint density at radius 1 is 1.31 bits per heavy atom.